The molecule has 1 N–H and O–H groups in total. The number of carbonyl (C=O) groups excluding carboxylic acids is 2. The number of alkyl carbamates (subject to hydrolysis) is 1. The molecule has 0 bridgehead atoms. The quantitative estimate of drug-likeness (QED) is 0.620. The van der Waals surface area contributed by atoms with E-state index in [4.69, 9.17) is 18.8 Å². The molecule has 0 saturated carbocycles. The number of hydrogen-bond donors (Lipinski definition) is 1. The van der Waals surface area contributed by atoms with Crippen molar-refractivity contribution in [1.82, 2.24) is 20.2 Å². The van der Waals surface area contributed by atoms with Crippen LogP contribution in [0, 0.1) is 5.92 Å². The number of nitrogens with one attached hydrogen (secondary N) is 1. The van der Waals surface area contributed by atoms with E-state index in [1.165, 1.54) is 0 Å². The number of likely N-dealkylation sites (tertiary alicyclic amines) is 1. The van der Waals surface area contributed by atoms with E-state index in [0.29, 0.717) is 19.7 Å². The zero-order valence-corrected chi connectivity index (χ0v) is 21.5. The molecule has 2 fully saturated rings. The minimum Gasteiger partial charge on any atom is -0.463 e. The minimum atomic E-state index is -0.666. The molecule has 3 heterocycles. The van der Waals surface area contributed by atoms with E-state index in [1.54, 1.807) is 45.0 Å². The standard InChI is InChI=1S/C23H37BN4O6/c1-15(27-20(30)32-21(2,3)4)18(29)28-10-9-16(13-28)14-31-19-25-11-17(12-26-19)24-33-22(5,6)23(7,8)34-24/h11-12,15-16H,9-10,13-14H2,1-8H3,(H,27,30)/t15-,16-/m0/s1. The normalized spacial score (nSPS) is 22.4. The maximum absolute atomic E-state index is 12.7. The molecule has 2 aliphatic rings. The molecule has 0 spiro atoms. The number of rotatable bonds is 6. The van der Waals surface area contributed by atoms with Gasteiger partial charge in [-0.05, 0) is 61.8 Å². The number of hydrogen-bond acceptors (Lipinski definition) is 8. The second-order valence-corrected chi connectivity index (χ2v) is 11.0. The fourth-order valence-electron chi connectivity index (χ4n) is 3.68. The van der Waals surface area contributed by atoms with E-state index in [9.17, 15) is 9.59 Å². The molecular formula is C23H37BN4O6. The number of nitrogens with zero attached hydrogens (tertiary/aromatic N) is 3. The summed E-state index contributed by atoms with van der Waals surface area (Å²) < 4.78 is 23.0. The lowest BCUT2D eigenvalue weighted by molar-refractivity contribution is -0.132. The molecule has 0 aromatic carbocycles. The molecule has 11 heteroatoms. The molecule has 2 aliphatic heterocycles. The van der Waals surface area contributed by atoms with Gasteiger partial charge in [0, 0.05) is 36.9 Å². The highest BCUT2D eigenvalue weighted by molar-refractivity contribution is 6.61. The monoisotopic (exact) mass is 476 g/mol. The molecule has 0 aliphatic carbocycles. The van der Waals surface area contributed by atoms with E-state index in [-0.39, 0.29) is 17.8 Å². The lowest BCUT2D eigenvalue weighted by Crippen LogP contribution is -2.47. The van der Waals surface area contributed by atoms with Crippen molar-refractivity contribution in [2.75, 3.05) is 19.7 Å². The average molecular weight is 476 g/mol. The highest BCUT2D eigenvalue weighted by Crippen LogP contribution is 2.36. The van der Waals surface area contributed by atoms with Crippen LogP contribution >= 0.6 is 0 Å². The Hall–Kier alpha value is -2.40. The SMILES string of the molecule is C[C@H](NC(=O)OC(C)(C)C)C(=O)N1CC[C@H](COc2ncc(B3OC(C)(C)C(C)(C)O3)cn2)C1. The van der Waals surface area contributed by atoms with Crippen molar-refractivity contribution < 1.29 is 28.4 Å². The number of aromatic nitrogens is 2. The van der Waals surface area contributed by atoms with Crippen molar-refractivity contribution in [1.29, 1.82) is 0 Å². The minimum absolute atomic E-state index is 0.142. The lowest BCUT2D eigenvalue weighted by atomic mass is 9.81. The Labute approximate surface area is 202 Å². The zero-order chi connectivity index (χ0) is 25.3. The van der Waals surface area contributed by atoms with Gasteiger partial charge in [-0.1, -0.05) is 0 Å². The smallest absolute Gasteiger partial charge is 0.463 e. The van der Waals surface area contributed by atoms with Gasteiger partial charge in [-0.2, -0.15) is 0 Å². The molecule has 2 saturated heterocycles. The molecule has 34 heavy (non-hydrogen) atoms. The third-order valence-corrected chi connectivity index (χ3v) is 6.32. The van der Waals surface area contributed by atoms with Gasteiger partial charge in [0.25, 0.3) is 0 Å². The van der Waals surface area contributed by atoms with Crippen LogP contribution in [-0.2, 0) is 18.8 Å². The number of carbonyl (C=O) groups is 2. The highest BCUT2D eigenvalue weighted by atomic mass is 16.7. The first-order valence-electron chi connectivity index (χ1n) is 11.8. The van der Waals surface area contributed by atoms with E-state index in [1.807, 2.05) is 27.7 Å². The van der Waals surface area contributed by atoms with Crippen LogP contribution < -0.4 is 15.5 Å². The number of ether oxygens (including phenoxy) is 2. The van der Waals surface area contributed by atoms with Crippen LogP contribution in [0.1, 0.15) is 61.8 Å². The Kier molecular flexibility index (Phi) is 7.47. The Bertz CT molecular complexity index is 870. The first kappa shape index (κ1) is 26.2. The van der Waals surface area contributed by atoms with Crippen molar-refractivity contribution in [2.45, 2.75) is 84.7 Å². The average Bonchev–Trinajstić information content (AvgIpc) is 3.26. The Morgan fingerprint density at radius 3 is 2.35 bits per heavy atom. The molecule has 2 amide bonds. The summed E-state index contributed by atoms with van der Waals surface area (Å²) in [6, 6.07) is -0.398. The van der Waals surface area contributed by atoms with Crippen LogP contribution in [0.25, 0.3) is 0 Å². The summed E-state index contributed by atoms with van der Waals surface area (Å²) in [4.78, 5) is 34.9. The summed E-state index contributed by atoms with van der Waals surface area (Å²) in [5, 5.41) is 2.60. The van der Waals surface area contributed by atoms with Gasteiger partial charge in [-0.15, -0.1) is 0 Å². The summed E-state index contributed by atoms with van der Waals surface area (Å²) in [6.07, 6.45) is 3.50. The topological polar surface area (TPSA) is 112 Å². The van der Waals surface area contributed by atoms with E-state index < -0.39 is 36.1 Å². The summed E-state index contributed by atoms with van der Waals surface area (Å²) in [5.41, 5.74) is -0.750. The van der Waals surface area contributed by atoms with Gasteiger partial charge in [-0.3, -0.25) is 4.79 Å². The molecule has 1 aromatic heterocycles. The molecule has 0 radical (unpaired) electrons. The predicted octanol–water partition coefficient (Wildman–Crippen LogP) is 1.92. The van der Waals surface area contributed by atoms with Crippen molar-refractivity contribution in [2.24, 2.45) is 5.92 Å². The first-order chi connectivity index (χ1) is 15.7. The van der Waals surface area contributed by atoms with Gasteiger partial charge in [0.05, 0.1) is 17.8 Å². The van der Waals surface area contributed by atoms with E-state index in [2.05, 4.69) is 15.3 Å². The van der Waals surface area contributed by atoms with Crippen LogP contribution in [0.2, 0.25) is 0 Å². The third kappa shape index (κ3) is 6.38. The predicted molar refractivity (Wildman–Crippen MR) is 127 cm³/mol. The molecular weight excluding hydrogens is 439 g/mol. The molecule has 3 rings (SSSR count). The molecule has 0 unspecified atom stereocenters. The largest absolute Gasteiger partial charge is 0.498 e. The molecule has 1 aromatic rings. The van der Waals surface area contributed by atoms with Crippen LogP contribution in [0.3, 0.4) is 0 Å². The van der Waals surface area contributed by atoms with Crippen LogP contribution in [0.15, 0.2) is 12.4 Å². The van der Waals surface area contributed by atoms with Crippen molar-refractivity contribution in [3.63, 3.8) is 0 Å². The Morgan fingerprint density at radius 1 is 1.21 bits per heavy atom. The molecule has 188 valence electrons. The van der Waals surface area contributed by atoms with Gasteiger partial charge >= 0.3 is 19.2 Å². The van der Waals surface area contributed by atoms with E-state index >= 15 is 0 Å². The van der Waals surface area contributed by atoms with Gasteiger partial charge in [0.15, 0.2) is 0 Å². The van der Waals surface area contributed by atoms with Crippen molar-refractivity contribution in [3.8, 4) is 6.01 Å². The molecule has 10 nitrogen and oxygen atoms in total. The fraction of sp³-hybridized carbons (Fsp3) is 0.739. The Balaban J connectivity index is 1.45. The second-order valence-electron chi connectivity index (χ2n) is 11.0. The maximum Gasteiger partial charge on any atom is 0.498 e. The second kappa shape index (κ2) is 9.69. The van der Waals surface area contributed by atoms with E-state index in [0.717, 1.165) is 11.9 Å². The first-order valence-corrected chi connectivity index (χ1v) is 11.8. The van der Waals surface area contributed by atoms with Gasteiger partial charge in [-0.25, -0.2) is 14.8 Å². The van der Waals surface area contributed by atoms with Crippen LogP contribution in [0.5, 0.6) is 6.01 Å². The summed E-state index contributed by atoms with van der Waals surface area (Å²) in [6.45, 7) is 16.5. The third-order valence-electron chi connectivity index (χ3n) is 6.32. The van der Waals surface area contributed by atoms with Gasteiger partial charge in [0.1, 0.15) is 11.6 Å². The lowest BCUT2D eigenvalue weighted by Gasteiger charge is -2.32. The fourth-order valence-corrected chi connectivity index (χ4v) is 3.68. The molecule has 2 atom stereocenters. The van der Waals surface area contributed by atoms with Crippen LogP contribution in [0.4, 0.5) is 4.79 Å². The summed E-state index contributed by atoms with van der Waals surface area (Å²) >= 11 is 0. The number of amides is 2. The van der Waals surface area contributed by atoms with Gasteiger partial charge < -0.3 is 29.0 Å². The Morgan fingerprint density at radius 2 is 1.79 bits per heavy atom. The zero-order valence-electron chi connectivity index (χ0n) is 21.5. The van der Waals surface area contributed by atoms with Crippen LogP contribution in [-0.4, -0.2) is 76.5 Å². The summed E-state index contributed by atoms with van der Waals surface area (Å²) in [5.74, 6) is 0.0143. The highest BCUT2D eigenvalue weighted by Gasteiger charge is 2.52. The van der Waals surface area contributed by atoms with Crippen molar-refractivity contribution in [3.05, 3.63) is 12.4 Å². The maximum atomic E-state index is 12.7. The van der Waals surface area contributed by atoms with Crippen molar-refractivity contribution >= 4 is 24.6 Å². The van der Waals surface area contributed by atoms with Gasteiger partial charge in [0.2, 0.25) is 5.91 Å². The summed E-state index contributed by atoms with van der Waals surface area (Å²) in [7, 11) is -0.523.